The lowest BCUT2D eigenvalue weighted by Crippen LogP contribution is -2.20. The van der Waals surface area contributed by atoms with E-state index in [0.29, 0.717) is 18.3 Å². The average molecular weight is 459 g/mol. The Labute approximate surface area is 179 Å². The van der Waals surface area contributed by atoms with Crippen LogP contribution in [0.5, 0.6) is 5.75 Å². The van der Waals surface area contributed by atoms with Crippen molar-refractivity contribution in [3.63, 3.8) is 0 Å². The van der Waals surface area contributed by atoms with E-state index < -0.39 is 0 Å². The smallest absolute Gasteiger partial charge is 0.175 e. The standard InChI is InChI=1S/C21H23BrN4OS/c1-4-27-19-11-9-18(10-12-19)23-21(28)24-20-14(2)25-26(15(20)3)13-16-5-7-17(22)8-6-16/h5-12H,4,13H2,1-3H3,(H2,23,24,28). The maximum Gasteiger partial charge on any atom is 0.175 e. The second-order valence-electron chi connectivity index (χ2n) is 6.37. The molecule has 0 unspecified atom stereocenters. The van der Waals surface area contributed by atoms with E-state index in [2.05, 4.69) is 43.8 Å². The number of aryl methyl sites for hydroxylation is 1. The van der Waals surface area contributed by atoms with Crippen LogP contribution in [-0.2, 0) is 6.54 Å². The van der Waals surface area contributed by atoms with Crippen LogP contribution in [-0.4, -0.2) is 21.5 Å². The normalized spacial score (nSPS) is 10.6. The number of anilines is 2. The summed E-state index contributed by atoms with van der Waals surface area (Å²) in [6.45, 7) is 7.34. The minimum atomic E-state index is 0.526. The zero-order chi connectivity index (χ0) is 20.1. The maximum atomic E-state index is 5.48. The van der Waals surface area contributed by atoms with E-state index in [1.807, 2.05) is 61.9 Å². The second kappa shape index (κ2) is 9.21. The highest BCUT2D eigenvalue weighted by Gasteiger charge is 2.13. The van der Waals surface area contributed by atoms with Crippen LogP contribution in [0.1, 0.15) is 23.9 Å². The molecule has 0 saturated heterocycles. The molecule has 0 atom stereocenters. The minimum Gasteiger partial charge on any atom is -0.494 e. The van der Waals surface area contributed by atoms with Crippen molar-refractivity contribution in [2.75, 3.05) is 17.2 Å². The summed E-state index contributed by atoms with van der Waals surface area (Å²) in [6.07, 6.45) is 0. The molecule has 3 rings (SSSR count). The molecule has 7 heteroatoms. The number of halogens is 1. The SMILES string of the molecule is CCOc1ccc(NC(=S)Nc2c(C)nn(Cc3ccc(Br)cc3)c2C)cc1. The van der Waals surface area contributed by atoms with Crippen LogP contribution in [0, 0.1) is 13.8 Å². The summed E-state index contributed by atoms with van der Waals surface area (Å²) in [7, 11) is 0. The van der Waals surface area contributed by atoms with Gasteiger partial charge in [0.2, 0.25) is 0 Å². The average Bonchev–Trinajstić information content (AvgIpc) is 2.93. The van der Waals surface area contributed by atoms with Gasteiger partial charge in [0.25, 0.3) is 0 Å². The maximum absolute atomic E-state index is 5.48. The Bertz CT molecular complexity index is 952. The Morgan fingerprint density at radius 2 is 1.75 bits per heavy atom. The molecule has 5 nitrogen and oxygen atoms in total. The Balaban J connectivity index is 1.67. The van der Waals surface area contributed by atoms with Gasteiger partial charge in [-0.1, -0.05) is 28.1 Å². The highest BCUT2D eigenvalue weighted by Crippen LogP contribution is 2.22. The molecule has 28 heavy (non-hydrogen) atoms. The number of benzene rings is 2. The van der Waals surface area contributed by atoms with Crippen molar-refractivity contribution in [1.29, 1.82) is 0 Å². The second-order valence-corrected chi connectivity index (χ2v) is 7.69. The van der Waals surface area contributed by atoms with Crippen molar-refractivity contribution >= 4 is 44.6 Å². The van der Waals surface area contributed by atoms with Crippen LogP contribution < -0.4 is 15.4 Å². The highest BCUT2D eigenvalue weighted by molar-refractivity contribution is 9.10. The van der Waals surface area contributed by atoms with Gasteiger partial charge in [-0.05, 0) is 75.0 Å². The molecule has 1 heterocycles. The first-order valence-corrected chi connectivity index (χ1v) is 10.3. The molecule has 3 aromatic rings. The van der Waals surface area contributed by atoms with Crippen molar-refractivity contribution in [3.05, 3.63) is 70.0 Å². The number of thiocarbonyl (C=S) groups is 1. The number of rotatable bonds is 6. The molecule has 0 saturated carbocycles. The van der Waals surface area contributed by atoms with Crippen molar-refractivity contribution in [2.24, 2.45) is 0 Å². The van der Waals surface area contributed by atoms with Gasteiger partial charge in [0.1, 0.15) is 5.75 Å². The molecule has 2 aromatic carbocycles. The molecule has 1 aromatic heterocycles. The molecule has 146 valence electrons. The van der Waals surface area contributed by atoms with Gasteiger partial charge in [-0.2, -0.15) is 5.10 Å². The largest absolute Gasteiger partial charge is 0.494 e. The summed E-state index contributed by atoms with van der Waals surface area (Å²) in [4.78, 5) is 0. The van der Waals surface area contributed by atoms with Crippen LogP contribution in [0.3, 0.4) is 0 Å². The first-order chi connectivity index (χ1) is 13.5. The van der Waals surface area contributed by atoms with Gasteiger partial charge in [0.15, 0.2) is 5.11 Å². The predicted octanol–water partition coefficient (Wildman–Crippen LogP) is 5.52. The lowest BCUT2D eigenvalue weighted by atomic mass is 10.2. The van der Waals surface area contributed by atoms with Crippen LogP contribution in [0.15, 0.2) is 53.0 Å². The molecular formula is C21H23BrN4OS. The molecule has 0 aliphatic rings. The fourth-order valence-electron chi connectivity index (χ4n) is 2.87. The van der Waals surface area contributed by atoms with Gasteiger partial charge < -0.3 is 15.4 Å². The van der Waals surface area contributed by atoms with E-state index in [9.17, 15) is 0 Å². The third-order valence-corrected chi connectivity index (χ3v) is 5.02. The van der Waals surface area contributed by atoms with Gasteiger partial charge in [-0.3, -0.25) is 4.68 Å². The Morgan fingerprint density at radius 1 is 1.07 bits per heavy atom. The highest BCUT2D eigenvalue weighted by atomic mass is 79.9. The van der Waals surface area contributed by atoms with Gasteiger partial charge in [0.05, 0.1) is 30.2 Å². The van der Waals surface area contributed by atoms with E-state index in [-0.39, 0.29) is 0 Å². The zero-order valence-corrected chi connectivity index (χ0v) is 18.5. The first kappa shape index (κ1) is 20.4. The van der Waals surface area contributed by atoms with Gasteiger partial charge in [-0.25, -0.2) is 0 Å². The molecule has 0 aliphatic heterocycles. The summed E-state index contributed by atoms with van der Waals surface area (Å²) in [5, 5.41) is 11.7. The number of aromatic nitrogens is 2. The number of hydrogen-bond donors (Lipinski definition) is 2. The molecule has 2 N–H and O–H groups in total. The molecule has 0 bridgehead atoms. The number of ether oxygens (including phenoxy) is 1. The van der Waals surface area contributed by atoms with E-state index >= 15 is 0 Å². The molecule has 0 fully saturated rings. The van der Waals surface area contributed by atoms with E-state index in [0.717, 1.165) is 33.0 Å². The summed E-state index contributed by atoms with van der Waals surface area (Å²) < 4.78 is 8.51. The number of nitrogens with one attached hydrogen (secondary N) is 2. The zero-order valence-electron chi connectivity index (χ0n) is 16.1. The van der Waals surface area contributed by atoms with Crippen molar-refractivity contribution in [2.45, 2.75) is 27.3 Å². The Kier molecular flexibility index (Phi) is 6.70. The molecule has 0 radical (unpaired) electrons. The van der Waals surface area contributed by atoms with Crippen molar-refractivity contribution in [3.8, 4) is 5.75 Å². The topological polar surface area (TPSA) is 51.1 Å². The summed E-state index contributed by atoms with van der Waals surface area (Å²) in [6, 6.07) is 16.0. The third kappa shape index (κ3) is 5.11. The van der Waals surface area contributed by atoms with Gasteiger partial charge in [-0.15, -0.1) is 0 Å². The molecular weight excluding hydrogens is 436 g/mol. The molecule has 0 spiro atoms. The number of nitrogens with zero attached hydrogens (tertiary/aromatic N) is 2. The van der Waals surface area contributed by atoms with Crippen LogP contribution in [0.2, 0.25) is 0 Å². The minimum absolute atomic E-state index is 0.526. The molecule has 0 amide bonds. The Morgan fingerprint density at radius 3 is 2.39 bits per heavy atom. The van der Waals surface area contributed by atoms with Gasteiger partial charge >= 0.3 is 0 Å². The van der Waals surface area contributed by atoms with Gasteiger partial charge in [0, 0.05) is 10.2 Å². The summed E-state index contributed by atoms with van der Waals surface area (Å²) in [5.74, 6) is 0.841. The van der Waals surface area contributed by atoms with Crippen LogP contribution in [0.25, 0.3) is 0 Å². The fourth-order valence-corrected chi connectivity index (χ4v) is 3.36. The first-order valence-electron chi connectivity index (χ1n) is 9.05. The molecule has 0 aliphatic carbocycles. The van der Waals surface area contributed by atoms with Crippen LogP contribution in [0.4, 0.5) is 11.4 Å². The van der Waals surface area contributed by atoms with Crippen molar-refractivity contribution < 1.29 is 4.74 Å². The summed E-state index contributed by atoms with van der Waals surface area (Å²) in [5.41, 5.74) is 4.97. The quantitative estimate of drug-likeness (QED) is 0.476. The summed E-state index contributed by atoms with van der Waals surface area (Å²) >= 11 is 8.95. The number of hydrogen-bond acceptors (Lipinski definition) is 3. The van der Waals surface area contributed by atoms with E-state index in [4.69, 9.17) is 17.0 Å². The fraction of sp³-hybridized carbons (Fsp3) is 0.238. The van der Waals surface area contributed by atoms with E-state index in [1.54, 1.807) is 0 Å². The lowest BCUT2D eigenvalue weighted by Gasteiger charge is -2.12. The van der Waals surface area contributed by atoms with E-state index in [1.165, 1.54) is 5.56 Å². The van der Waals surface area contributed by atoms with Crippen LogP contribution >= 0.6 is 28.1 Å². The monoisotopic (exact) mass is 458 g/mol. The predicted molar refractivity (Wildman–Crippen MR) is 122 cm³/mol. The Hall–Kier alpha value is -2.38. The third-order valence-electron chi connectivity index (χ3n) is 4.29. The lowest BCUT2D eigenvalue weighted by molar-refractivity contribution is 0.340. The van der Waals surface area contributed by atoms with Crippen molar-refractivity contribution in [1.82, 2.24) is 9.78 Å².